The van der Waals surface area contributed by atoms with E-state index in [2.05, 4.69) is 10.6 Å². The fourth-order valence-electron chi connectivity index (χ4n) is 7.28. The number of ketones is 1. The van der Waals surface area contributed by atoms with E-state index in [9.17, 15) is 30.3 Å². The first-order chi connectivity index (χ1) is 19.7. The van der Waals surface area contributed by atoms with E-state index in [1.165, 1.54) is 20.1 Å². The van der Waals surface area contributed by atoms with E-state index >= 15 is 0 Å². The molecule has 0 saturated carbocycles. The van der Waals surface area contributed by atoms with E-state index in [-0.39, 0.29) is 32.9 Å². The Labute approximate surface area is 238 Å². The first-order valence-electron chi connectivity index (χ1n) is 13.3. The van der Waals surface area contributed by atoms with Gasteiger partial charge in [0.1, 0.15) is 5.78 Å². The van der Waals surface area contributed by atoms with Crippen LogP contribution in [0.4, 0.5) is 11.4 Å². The molecule has 0 saturated heterocycles. The lowest BCUT2D eigenvalue weighted by Crippen LogP contribution is -2.24. The van der Waals surface area contributed by atoms with Crippen LogP contribution in [-0.4, -0.2) is 41.3 Å². The summed E-state index contributed by atoms with van der Waals surface area (Å²) in [5, 5.41) is 52.9. The second-order valence-electron chi connectivity index (χ2n) is 10.8. The summed E-state index contributed by atoms with van der Waals surface area (Å²) in [5.74, 6) is -1.32. The molecule has 0 amide bonds. The number of hydrogen-bond acceptors (Lipinski definition) is 10. The van der Waals surface area contributed by atoms with Crippen molar-refractivity contribution in [2.75, 3.05) is 30.8 Å². The summed E-state index contributed by atoms with van der Waals surface area (Å²) < 4.78 is 5.76. The van der Waals surface area contributed by atoms with Crippen molar-refractivity contribution in [3.8, 4) is 11.5 Å². The van der Waals surface area contributed by atoms with E-state index < -0.39 is 24.6 Å². The van der Waals surface area contributed by atoms with E-state index in [1.807, 2.05) is 13.0 Å². The molecule has 0 radical (unpaired) electrons. The van der Waals surface area contributed by atoms with E-state index in [1.54, 1.807) is 0 Å². The molecule has 10 heteroatoms. The molecule has 1 atom stereocenters. The molecular formula is C31H27N3O6S. The minimum absolute atomic E-state index is 0.00256. The zero-order chi connectivity index (χ0) is 29.1. The number of aliphatic hydroxyl groups excluding tert-OH is 2. The molecule has 1 heterocycles. The molecule has 0 aromatic heterocycles. The number of carbonyl (C=O) groups is 1. The van der Waals surface area contributed by atoms with Gasteiger partial charge in [-0.05, 0) is 41.6 Å². The molecule has 0 bridgehead atoms. The molecule has 1 aliphatic heterocycles. The Morgan fingerprint density at radius 1 is 1.02 bits per heavy atom. The monoisotopic (exact) mass is 569 g/mol. The number of nitrogens with one attached hydrogen (secondary N) is 3. The molecule has 9 nitrogen and oxygen atoms in total. The number of methoxy groups -OCH3 is 1. The number of hydrogen-bond donors (Lipinski definition) is 7. The van der Waals surface area contributed by atoms with Gasteiger partial charge in [0.2, 0.25) is 0 Å². The summed E-state index contributed by atoms with van der Waals surface area (Å²) in [5.41, 5.74) is 3.54. The Bertz CT molecular complexity index is 2170. The summed E-state index contributed by atoms with van der Waals surface area (Å²) in [6, 6.07) is 1.29. The van der Waals surface area contributed by atoms with Gasteiger partial charge in [-0.25, -0.2) is 0 Å². The lowest BCUT2D eigenvalue weighted by Gasteiger charge is -2.29. The summed E-state index contributed by atoms with van der Waals surface area (Å²) in [4.78, 5) is 27.2. The van der Waals surface area contributed by atoms with Gasteiger partial charge >= 0.3 is 0 Å². The maximum Gasteiger partial charge on any atom is 0.190 e. The Hall–Kier alpha value is -4.12. The normalized spacial score (nSPS) is 16.2. The van der Waals surface area contributed by atoms with Crippen molar-refractivity contribution >= 4 is 79.0 Å². The molecule has 1 aliphatic carbocycles. The van der Waals surface area contributed by atoms with Crippen LogP contribution in [0.1, 0.15) is 42.0 Å². The molecule has 0 fully saturated rings. The van der Waals surface area contributed by atoms with Crippen molar-refractivity contribution in [2.45, 2.75) is 37.9 Å². The predicted octanol–water partition coefficient (Wildman–Crippen LogP) is 3.93. The van der Waals surface area contributed by atoms with Crippen molar-refractivity contribution in [2.24, 2.45) is 0 Å². The van der Waals surface area contributed by atoms with Crippen molar-refractivity contribution < 1.29 is 24.9 Å². The van der Waals surface area contributed by atoms with Crippen LogP contribution in [0, 0.1) is 5.41 Å². The topological polar surface area (TPSA) is 152 Å². The van der Waals surface area contributed by atoms with Crippen molar-refractivity contribution in [3.63, 3.8) is 0 Å². The number of anilines is 2. The van der Waals surface area contributed by atoms with Gasteiger partial charge in [0.05, 0.1) is 48.4 Å². The van der Waals surface area contributed by atoms with E-state index in [4.69, 9.17) is 17.4 Å². The summed E-state index contributed by atoms with van der Waals surface area (Å²) in [7, 11) is 1.39. The van der Waals surface area contributed by atoms with Gasteiger partial charge in [0, 0.05) is 56.2 Å². The first kappa shape index (κ1) is 25.8. The summed E-state index contributed by atoms with van der Waals surface area (Å²) in [6.45, 7) is 3.63. The number of aliphatic hydroxyl groups is 2. The lowest BCUT2D eigenvalue weighted by molar-refractivity contribution is -0.117. The van der Waals surface area contributed by atoms with Crippen LogP contribution in [-0.2, 0) is 18.0 Å². The Balaban J connectivity index is 2.03. The number of aromatic hydroxyl groups is 1. The maximum absolute atomic E-state index is 13.6. The van der Waals surface area contributed by atoms with Gasteiger partial charge in [-0.1, -0.05) is 11.6 Å². The Morgan fingerprint density at radius 3 is 2.34 bits per heavy atom. The molecule has 1 unspecified atom stereocenters. The van der Waals surface area contributed by atoms with Gasteiger partial charge in [0.15, 0.2) is 16.9 Å². The van der Waals surface area contributed by atoms with Crippen molar-refractivity contribution in [3.05, 3.63) is 49.5 Å². The van der Waals surface area contributed by atoms with E-state index in [0.29, 0.717) is 78.7 Å². The number of thiol groups is 1. The molecule has 7 rings (SSSR count). The molecule has 208 valence electrons. The zero-order valence-corrected chi connectivity index (χ0v) is 23.5. The third-order valence-electron chi connectivity index (χ3n) is 8.74. The highest BCUT2D eigenvalue weighted by molar-refractivity contribution is 7.80. The minimum Gasteiger partial charge on any atom is -0.504 e. The van der Waals surface area contributed by atoms with Crippen LogP contribution in [0.25, 0.3) is 49.2 Å². The third-order valence-corrected chi connectivity index (χ3v) is 9.23. The highest BCUT2D eigenvalue weighted by atomic mass is 32.1. The summed E-state index contributed by atoms with van der Waals surface area (Å²) >= 11 is 4.69. The van der Waals surface area contributed by atoms with E-state index in [0.717, 1.165) is 11.3 Å². The van der Waals surface area contributed by atoms with Crippen LogP contribution < -0.4 is 26.2 Å². The van der Waals surface area contributed by atoms with Crippen molar-refractivity contribution in [1.82, 2.24) is 0 Å². The third kappa shape index (κ3) is 3.01. The number of phenolic OH excluding ortho intramolecular Hbond substituents is 1. The van der Waals surface area contributed by atoms with Crippen LogP contribution in [0.2, 0.25) is 0 Å². The lowest BCUT2D eigenvalue weighted by atomic mass is 9.79. The molecule has 41 heavy (non-hydrogen) atoms. The number of carbonyl (C=O) groups excluding carboxylic acids is 1. The second kappa shape index (κ2) is 8.69. The van der Waals surface area contributed by atoms with Crippen LogP contribution in [0.3, 0.4) is 0 Å². The van der Waals surface area contributed by atoms with Gasteiger partial charge in [-0.15, -0.1) is 12.6 Å². The average molecular weight is 570 g/mol. The van der Waals surface area contributed by atoms with Gasteiger partial charge in [-0.2, -0.15) is 0 Å². The highest BCUT2D eigenvalue weighted by Crippen LogP contribution is 2.57. The number of rotatable bonds is 4. The smallest absolute Gasteiger partial charge is 0.190 e. The number of fused-ring (bicyclic) bond motifs is 4. The number of benzene rings is 5. The molecule has 6 N–H and O–H groups in total. The highest BCUT2D eigenvalue weighted by Gasteiger charge is 2.37. The molecule has 5 aromatic carbocycles. The first-order valence-corrected chi connectivity index (χ1v) is 13.7. The predicted molar refractivity (Wildman–Crippen MR) is 162 cm³/mol. The fourth-order valence-corrected chi connectivity index (χ4v) is 7.57. The molecule has 2 aliphatic rings. The standard InChI is InChI=1S/C31H27N3O6S/c1-10-6-13-18-22-19(14(9-36)31(41)26(32)25(22)28-27(13)33-4-5-34-28)17-12(8-35)7-15(38)20-21(17)23(18)24(16(10)11(2)37)30(40-3)29(20)39/h6-7,16,32-36,39,41H,4-5,8-9H2,1-3H3. The Kier molecular flexibility index (Phi) is 5.47. The van der Waals surface area contributed by atoms with Crippen LogP contribution in [0.5, 0.6) is 11.5 Å². The van der Waals surface area contributed by atoms with Crippen molar-refractivity contribution in [1.29, 1.82) is 5.41 Å². The largest absolute Gasteiger partial charge is 0.504 e. The molecular weight excluding hydrogens is 542 g/mol. The second-order valence-corrected chi connectivity index (χ2v) is 11.2. The zero-order valence-electron chi connectivity index (χ0n) is 22.6. The molecule has 0 spiro atoms. The SMILES string of the molecule is COc1c(O)c2c(=O)cc(CO)c3c4c(CO)c(S)c(=N)c5c6c(c7c(c(c1C(C(C)=O)C(C)=C7)c23)c54)NCCN6. The van der Waals surface area contributed by atoms with Crippen LogP contribution in [0.15, 0.2) is 21.3 Å². The minimum atomic E-state index is -0.802. The number of Topliss-reactive ketones (excluding diaryl/α,β-unsaturated/α-hetero) is 1. The van der Waals surface area contributed by atoms with Gasteiger partial charge in [0.25, 0.3) is 0 Å². The maximum atomic E-state index is 13.6. The Morgan fingerprint density at radius 2 is 1.71 bits per heavy atom. The fraction of sp³-hybridized carbons (Fsp3) is 0.258. The van der Waals surface area contributed by atoms with Crippen LogP contribution >= 0.6 is 12.6 Å². The average Bonchev–Trinajstić information content (AvgIpc) is 3.08. The van der Waals surface area contributed by atoms with Gasteiger partial charge in [-0.3, -0.25) is 15.0 Å². The number of ether oxygens (including phenoxy) is 1. The van der Waals surface area contributed by atoms with Gasteiger partial charge < -0.3 is 30.7 Å². The number of allylic oxidation sites excluding steroid dienone is 1. The molecule has 5 aromatic rings. The number of phenols is 1. The quantitative estimate of drug-likeness (QED) is 0.0977. The summed E-state index contributed by atoms with van der Waals surface area (Å²) in [6.07, 6.45) is 1.95.